The largest absolute Gasteiger partial charge is 0.478 e. The molecule has 0 spiro atoms. The molecule has 1 rings (SSSR count). The highest BCUT2D eigenvalue weighted by Crippen LogP contribution is 2.25. The van der Waals surface area contributed by atoms with Gasteiger partial charge in [0.25, 0.3) is 0 Å². The molecule has 7 nitrogen and oxygen atoms in total. The Balaban J connectivity index is 3.30. The Bertz CT molecular complexity index is 1060. The minimum atomic E-state index is -1.44. The molecule has 0 aromatic heterocycles. The number of carboxylic acid groups (broad SMARTS) is 1. The fourth-order valence-corrected chi connectivity index (χ4v) is 3.21. The van der Waals surface area contributed by atoms with Crippen molar-refractivity contribution >= 4 is 35.2 Å². The van der Waals surface area contributed by atoms with Crippen LogP contribution in [-0.2, 0) is 23.9 Å². The zero-order valence-electron chi connectivity index (χ0n) is 20.9. The molecule has 0 aliphatic carbocycles. The van der Waals surface area contributed by atoms with Gasteiger partial charge in [0.2, 0.25) is 0 Å². The summed E-state index contributed by atoms with van der Waals surface area (Å²) in [5, 5.41) is 12.5. The van der Waals surface area contributed by atoms with Crippen LogP contribution >= 0.6 is 11.8 Å². The third kappa shape index (κ3) is 10.2. The Hall–Kier alpha value is -3.24. The summed E-state index contributed by atoms with van der Waals surface area (Å²) in [5.41, 5.74) is -0.727. The van der Waals surface area contributed by atoms with E-state index in [4.69, 9.17) is 9.47 Å². The van der Waals surface area contributed by atoms with E-state index in [2.05, 4.69) is 11.9 Å². The van der Waals surface area contributed by atoms with Gasteiger partial charge in [0.15, 0.2) is 11.7 Å². The molecule has 0 saturated carbocycles. The van der Waals surface area contributed by atoms with Crippen molar-refractivity contribution in [1.29, 1.82) is 0 Å². The Morgan fingerprint density at radius 1 is 1.14 bits per heavy atom. The van der Waals surface area contributed by atoms with Crippen LogP contribution in [0, 0.1) is 0 Å². The van der Waals surface area contributed by atoms with E-state index in [1.807, 2.05) is 6.26 Å². The number of esters is 2. The van der Waals surface area contributed by atoms with Crippen LogP contribution in [0.15, 0.2) is 71.2 Å². The van der Waals surface area contributed by atoms with Gasteiger partial charge >= 0.3 is 17.9 Å². The van der Waals surface area contributed by atoms with Crippen molar-refractivity contribution in [3.8, 4) is 0 Å². The van der Waals surface area contributed by atoms with Crippen molar-refractivity contribution in [3.63, 3.8) is 0 Å². The number of likely N-dealkylation sites (N-methyl/N-ethyl adjacent to an activating group) is 1. The molecular weight excluding hydrogens is 492 g/mol. The Morgan fingerprint density at radius 2 is 1.75 bits per heavy atom. The van der Waals surface area contributed by atoms with Crippen LogP contribution in [0.3, 0.4) is 0 Å². The highest BCUT2D eigenvalue weighted by molar-refractivity contribution is 7.98. The van der Waals surface area contributed by atoms with Crippen molar-refractivity contribution < 1.29 is 37.7 Å². The number of halogens is 2. The predicted octanol–water partition coefficient (Wildman–Crippen LogP) is 5.00. The van der Waals surface area contributed by atoms with E-state index < -0.39 is 53.4 Å². The number of aliphatic carboxylic acids is 1. The lowest BCUT2D eigenvalue weighted by Crippen LogP contribution is -2.41. The second-order valence-electron chi connectivity index (χ2n) is 8.40. The molecule has 196 valence electrons. The highest BCUT2D eigenvalue weighted by atomic mass is 32.2. The SMILES string of the molecule is C=C\C(F)=C(F)/C=C/C(C(=O)O)=C(/COC(=O)CC(NC)C(=O)OC(C)(C)C)c1ccc(SC)cc1. The predicted molar refractivity (Wildman–Crippen MR) is 136 cm³/mol. The Morgan fingerprint density at radius 3 is 2.22 bits per heavy atom. The highest BCUT2D eigenvalue weighted by Gasteiger charge is 2.27. The number of benzene rings is 1. The average Bonchev–Trinajstić information content (AvgIpc) is 2.82. The summed E-state index contributed by atoms with van der Waals surface area (Å²) in [7, 11) is 1.48. The minimum absolute atomic E-state index is 0.0461. The van der Waals surface area contributed by atoms with E-state index in [-0.39, 0.29) is 12.0 Å². The van der Waals surface area contributed by atoms with E-state index in [0.29, 0.717) is 17.7 Å². The summed E-state index contributed by atoms with van der Waals surface area (Å²) >= 11 is 1.47. The van der Waals surface area contributed by atoms with E-state index in [0.717, 1.165) is 11.0 Å². The van der Waals surface area contributed by atoms with E-state index in [9.17, 15) is 28.3 Å². The zero-order valence-corrected chi connectivity index (χ0v) is 21.7. The maximum Gasteiger partial charge on any atom is 0.336 e. The van der Waals surface area contributed by atoms with Gasteiger partial charge in [-0.3, -0.25) is 9.59 Å². The van der Waals surface area contributed by atoms with Gasteiger partial charge in [-0.2, -0.15) is 0 Å². The quantitative estimate of drug-likeness (QED) is 0.171. The van der Waals surface area contributed by atoms with Crippen LogP contribution in [0.4, 0.5) is 8.78 Å². The van der Waals surface area contributed by atoms with Crippen LogP contribution in [0.2, 0.25) is 0 Å². The van der Waals surface area contributed by atoms with Crippen LogP contribution in [0.25, 0.3) is 5.57 Å². The first kappa shape index (κ1) is 30.8. The number of carbonyl (C=O) groups is 3. The van der Waals surface area contributed by atoms with Gasteiger partial charge in [-0.05, 0) is 70.0 Å². The number of nitrogens with one attached hydrogen (secondary N) is 1. The molecule has 1 aromatic rings. The van der Waals surface area contributed by atoms with E-state index in [1.165, 1.54) is 18.8 Å². The molecule has 0 aliphatic rings. The molecule has 0 aliphatic heterocycles. The second-order valence-corrected chi connectivity index (χ2v) is 9.28. The number of allylic oxidation sites excluding steroid dienone is 4. The van der Waals surface area contributed by atoms with Crippen molar-refractivity contribution in [2.24, 2.45) is 0 Å². The number of rotatable bonds is 12. The molecule has 0 fully saturated rings. The number of thioether (sulfide) groups is 1. The smallest absolute Gasteiger partial charge is 0.336 e. The molecule has 1 aromatic carbocycles. The summed E-state index contributed by atoms with van der Waals surface area (Å²) in [4.78, 5) is 37.7. The number of ether oxygens (including phenoxy) is 2. The van der Waals surface area contributed by atoms with Crippen molar-refractivity contribution in [2.45, 2.75) is 43.7 Å². The molecule has 1 unspecified atom stereocenters. The third-order valence-corrected chi connectivity index (χ3v) is 5.33. The molecule has 0 amide bonds. The van der Waals surface area contributed by atoms with Crippen molar-refractivity contribution in [3.05, 3.63) is 71.9 Å². The van der Waals surface area contributed by atoms with Gasteiger partial charge in [-0.15, -0.1) is 11.8 Å². The monoisotopic (exact) mass is 523 g/mol. The number of carboxylic acids is 1. The molecule has 2 N–H and O–H groups in total. The molecule has 36 heavy (non-hydrogen) atoms. The summed E-state index contributed by atoms with van der Waals surface area (Å²) in [6, 6.07) is 5.74. The first-order valence-electron chi connectivity index (χ1n) is 10.8. The van der Waals surface area contributed by atoms with E-state index in [1.54, 1.807) is 45.0 Å². The molecule has 1 atom stereocenters. The van der Waals surface area contributed by atoms with Gasteiger partial charge in [0.1, 0.15) is 18.2 Å². The van der Waals surface area contributed by atoms with Gasteiger partial charge in [0.05, 0.1) is 12.0 Å². The van der Waals surface area contributed by atoms with Crippen LogP contribution in [0.5, 0.6) is 0 Å². The topological polar surface area (TPSA) is 102 Å². The summed E-state index contributed by atoms with van der Waals surface area (Å²) in [5.74, 6) is -5.46. The lowest BCUT2D eigenvalue weighted by molar-refractivity contribution is -0.160. The standard InChI is InChI=1S/C26H31F2NO6S/c1-7-20(27)21(28)13-12-18(24(31)32)19(16-8-10-17(36-6)11-9-16)15-34-23(30)14-22(29-5)25(33)35-26(2,3)4/h7-13,22,29H,1,14-15H2,2-6H3,(H,31,32)/b13-12+,19-18+,21-20-. The van der Waals surface area contributed by atoms with Crippen LogP contribution in [-0.4, -0.2) is 54.6 Å². The van der Waals surface area contributed by atoms with Crippen molar-refractivity contribution in [2.75, 3.05) is 19.9 Å². The molecule has 0 saturated heterocycles. The number of hydrogen-bond acceptors (Lipinski definition) is 7. The number of carbonyl (C=O) groups excluding carboxylic acids is 2. The van der Waals surface area contributed by atoms with Crippen molar-refractivity contribution in [1.82, 2.24) is 5.32 Å². The summed E-state index contributed by atoms with van der Waals surface area (Å²) in [6.45, 7) is 7.69. The van der Waals surface area contributed by atoms with E-state index >= 15 is 0 Å². The summed E-state index contributed by atoms with van der Waals surface area (Å²) in [6.07, 6.45) is 3.67. The maximum absolute atomic E-state index is 13.9. The first-order chi connectivity index (χ1) is 16.8. The summed E-state index contributed by atoms with van der Waals surface area (Å²) < 4.78 is 37.9. The third-order valence-electron chi connectivity index (χ3n) is 4.59. The molecule has 10 heteroatoms. The second kappa shape index (κ2) is 14.4. The first-order valence-corrected chi connectivity index (χ1v) is 12.1. The normalized spacial score (nSPS) is 14.0. The average molecular weight is 524 g/mol. The maximum atomic E-state index is 13.9. The van der Waals surface area contributed by atoms with Gasteiger partial charge < -0.3 is 19.9 Å². The molecular formula is C26H31F2NO6S. The lowest BCUT2D eigenvalue weighted by atomic mass is 9.99. The number of hydrogen-bond donors (Lipinski definition) is 2. The molecule has 0 bridgehead atoms. The molecule has 0 heterocycles. The van der Waals surface area contributed by atoms with Crippen LogP contribution in [0.1, 0.15) is 32.8 Å². The Kier molecular flexibility index (Phi) is 12.3. The molecule has 0 radical (unpaired) electrons. The minimum Gasteiger partial charge on any atom is -0.478 e. The van der Waals surface area contributed by atoms with Gasteiger partial charge in [-0.1, -0.05) is 18.7 Å². The van der Waals surface area contributed by atoms with Gasteiger partial charge in [-0.25, -0.2) is 13.6 Å². The fraction of sp³-hybridized carbons (Fsp3) is 0.346. The lowest BCUT2D eigenvalue weighted by Gasteiger charge is -2.23. The zero-order chi connectivity index (χ0) is 27.5. The Labute approximate surface area is 213 Å². The van der Waals surface area contributed by atoms with Gasteiger partial charge in [0, 0.05) is 10.5 Å². The van der Waals surface area contributed by atoms with Crippen LogP contribution < -0.4 is 5.32 Å². The fourth-order valence-electron chi connectivity index (χ4n) is 2.80.